The van der Waals surface area contributed by atoms with Crippen molar-refractivity contribution in [3.05, 3.63) is 17.6 Å². The molecule has 1 heterocycles. The Hall–Kier alpha value is -0.890. The van der Waals surface area contributed by atoms with Gasteiger partial charge in [-0.1, -0.05) is 6.92 Å². The second-order valence-corrected chi connectivity index (χ2v) is 6.60. The van der Waals surface area contributed by atoms with Gasteiger partial charge in [-0.3, -0.25) is 0 Å². The van der Waals surface area contributed by atoms with Crippen LogP contribution in [-0.4, -0.2) is 46.6 Å². The maximum atomic E-state index is 12.4. The second-order valence-electron chi connectivity index (χ2n) is 4.59. The number of ether oxygens (including phenoxy) is 1. The van der Waals surface area contributed by atoms with Crippen LogP contribution in [0.2, 0.25) is 0 Å². The first kappa shape index (κ1) is 17.2. The topological polar surface area (TPSA) is 71.8 Å². The molecule has 20 heavy (non-hydrogen) atoms. The molecule has 0 amide bonds. The molecule has 1 aromatic rings. The van der Waals surface area contributed by atoms with Crippen molar-refractivity contribution in [2.75, 3.05) is 33.9 Å². The molecular weight excluding hydrogens is 280 g/mol. The molecule has 0 spiro atoms. The molecule has 0 fully saturated rings. The highest BCUT2D eigenvalue weighted by Crippen LogP contribution is 2.23. The Balaban J connectivity index is 2.83. The average Bonchev–Trinajstić information content (AvgIpc) is 2.78. The fourth-order valence-corrected chi connectivity index (χ4v) is 3.23. The molecule has 0 aromatic carbocycles. The zero-order chi connectivity index (χ0) is 15.2. The van der Waals surface area contributed by atoms with Gasteiger partial charge in [-0.05, 0) is 19.9 Å². The first-order valence-corrected chi connectivity index (χ1v) is 8.12. The second kappa shape index (κ2) is 7.78. The van der Waals surface area contributed by atoms with E-state index in [4.69, 9.17) is 9.15 Å². The van der Waals surface area contributed by atoms with E-state index in [2.05, 4.69) is 5.32 Å². The Bertz CT molecular complexity index is 510. The van der Waals surface area contributed by atoms with Gasteiger partial charge in [0.15, 0.2) is 0 Å². The van der Waals surface area contributed by atoms with Crippen LogP contribution >= 0.6 is 0 Å². The molecule has 1 N–H and O–H groups in total. The van der Waals surface area contributed by atoms with Crippen molar-refractivity contribution in [3.8, 4) is 0 Å². The SMILES string of the molecule is CCNCc1cc(S(=O)(=O)N(C)CCCOC)c(C)o1. The number of rotatable bonds is 9. The van der Waals surface area contributed by atoms with Crippen LogP contribution in [0.4, 0.5) is 0 Å². The summed E-state index contributed by atoms with van der Waals surface area (Å²) in [7, 11) is -0.328. The molecule has 0 saturated carbocycles. The van der Waals surface area contributed by atoms with E-state index in [-0.39, 0.29) is 4.90 Å². The maximum absolute atomic E-state index is 12.4. The van der Waals surface area contributed by atoms with Crippen LogP contribution in [0.15, 0.2) is 15.4 Å². The van der Waals surface area contributed by atoms with E-state index in [1.807, 2.05) is 6.92 Å². The normalized spacial score (nSPS) is 12.2. The van der Waals surface area contributed by atoms with E-state index in [0.29, 0.717) is 37.6 Å². The van der Waals surface area contributed by atoms with Crippen molar-refractivity contribution in [1.29, 1.82) is 0 Å². The zero-order valence-corrected chi connectivity index (χ0v) is 13.4. The molecule has 7 heteroatoms. The predicted octanol–water partition coefficient (Wildman–Crippen LogP) is 1.35. The zero-order valence-electron chi connectivity index (χ0n) is 12.6. The molecule has 0 unspecified atom stereocenters. The molecule has 1 rings (SSSR count). The van der Waals surface area contributed by atoms with E-state index in [0.717, 1.165) is 6.54 Å². The van der Waals surface area contributed by atoms with Gasteiger partial charge in [0.2, 0.25) is 10.0 Å². The fourth-order valence-electron chi connectivity index (χ4n) is 1.84. The third-order valence-corrected chi connectivity index (χ3v) is 4.95. The van der Waals surface area contributed by atoms with E-state index < -0.39 is 10.0 Å². The van der Waals surface area contributed by atoms with Gasteiger partial charge in [-0.15, -0.1) is 0 Å². The first-order chi connectivity index (χ1) is 9.43. The Kier molecular flexibility index (Phi) is 6.67. The van der Waals surface area contributed by atoms with E-state index in [1.54, 1.807) is 27.1 Å². The first-order valence-electron chi connectivity index (χ1n) is 6.68. The number of nitrogens with one attached hydrogen (secondary N) is 1. The summed E-state index contributed by atoms with van der Waals surface area (Å²) in [4.78, 5) is 0.241. The van der Waals surface area contributed by atoms with Gasteiger partial charge in [0.1, 0.15) is 16.4 Å². The van der Waals surface area contributed by atoms with Crippen LogP contribution in [0, 0.1) is 6.92 Å². The number of hydrogen-bond donors (Lipinski definition) is 1. The number of methoxy groups -OCH3 is 1. The minimum absolute atomic E-state index is 0.241. The lowest BCUT2D eigenvalue weighted by Gasteiger charge is -2.16. The highest BCUT2D eigenvalue weighted by atomic mass is 32.2. The van der Waals surface area contributed by atoms with Gasteiger partial charge in [-0.25, -0.2) is 12.7 Å². The number of nitrogens with zero attached hydrogens (tertiary/aromatic N) is 1. The number of sulfonamides is 1. The van der Waals surface area contributed by atoms with Crippen molar-refractivity contribution in [3.63, 3.8) is 0 Å². The summed E-state index contributed by atoms with van der Waals surface area (Å²) < 4.78 is 36.6. The number of aryl methyl sites for hydroxylation is 1. The molecule has 0 aliphatic rings. The molecule has 0 aliphatic carbocycles. The van der Waals surface area contributed by atoms with Crippen LogP contribution < -0.4 is 5.32 Å². The Labute approximate surface area is 121 Å². The highest BCUT2D eigenvalue weighted by Gasteiger charge is 2.25. The van der Waals surface area contributed by atoms with Crippen LogP contribution in [-0.2, 0) is 21.3 Å². The van der Waals surface area contributed by atoms with Crippen molar-refractivity contribution in [2.45, 2.75) is 31.7 Å². The molecule has 0 saturated heterocycles. The summed E-state index contributed by atoms with van der Waals surface area (Å²) in [5.74, 6) is 1.06. The van der Waals surface area contributed by atoms with E-state index in [9.17, 15) is 8.42 Å². The Morgan fingerprint density at radius 3 is 2.75 bits per heavy atom. The minimum atomic E-state index is -3.50. The predicted molar refractivity (Wildman–Crippen MR) is 77.1 cm³/mol. The largest absolute Gasteiger partial charge is 0.464 e. The minimum Gasteiger partial charge on any atom is -0.464 e. The molecule has 0 bridgehead atoms. The lowest BCUT2D eigenvalue weighted by Crippen LogP contribution is -2.28. The lowest BCUT2D eigenvalue weighted by molar-refractivity contribution is 0.189. The standard InChI is InChI=1S/C13H24N2O4S/c1-5-14-10-12-9-13(11(2)19-12)20(16,17)15(3)7-6-8-18-4/h9,14H,5-8,10H2,1-4H3. The molecule has 6 nitrogen and oxygen atoms in total. The molecule has 116 valence electrons. The Morgan fingerprint density at radius 2 is 2.15 bits per heavy atom. The van der Waals surface area contributed by atoms with Crippen LogP contribution in [0.25, 0.3) is 0 Å². The fraction of sp³-hybridized carbons (Fsp3) is 0.692. The van der Waals surface area contributed by atoms with Gasteiger partial charge in [0, 0.05) is 33.4 Å². The monoisotopic (exact) mass is 304 g/mol. The van der Waals surface area contributed by atoms with E-state index >= 15 is 0 Å². The smallest absolute Gasteiger partial charge is 0.246 e. The molecule has 0 radical (unpaired) electrons. The van der Waals surface area contributed by atoms with Crippen molar-refractivity contribution < 1.29 is 17.6 Å². The summed E-state index contributed by atoms with van der Waals surface area (Å²) in [6.07, 6.45) is 0.660. The third-order valence-electron chi connectivity index (χ3n) is 2.98. The van der Waals surface area contributed by atoms with Gasteiger partial charge in [0.05, 0.1) is 6.54 Å². The van der Waals surface area contributed by atoms with Crippen molar-refractivity contribution in [2.24, 2.45) is 0 Å². The summed E-state index contributed by atoms with van der Waals surface area (Å²) in [6.45, 7) is 5.95. The summed E-state index contributed by atoms with van der Waals surface area (Å²) >= 11 is 0. The molecular formula is C13H24N2O4S. The summed E-state index contributed by atoms with van der Waals surface area (Å²) in [5.41, 5.74) is 0. The van der Waals surface area contributed by atoms with Crippen LogP contribution in [0.3, 0.4) is 0 Å². The number of furan rings is 1. The van der Waals surface area contributed by atoms with Crippen molar-refractivity contribution >= 4 is 10.0 Å². The molecule has 0 aliphatic heterocycles. The summed E-state index contributed by atoms with van der Waals surface area (Å²) in [6, 6.07) is 1.60. The highest BCUT2D eigenvalue weighted by molar-refractivity contribution is 7.89. The van der Waals surface area contributed by atoms with E-state index in [1.165, 1.54) is 4.31 Å². The molecule has 1 aromatic heterocycles. The summed E-state index contributed by atoms with van der Waals surface area (Å²) in [5, 5.41) is 3.11. The van der Waals surface area contributed by atoms with Crippen LogP contribution in [0.1, 0.15) is 24.9 Å². The number of hydrogen-bond acceptors (Lipinski definition) is 5. The third kappa shape index (κ3) is 4.31. The van der Waals surface area contributed by atoms with Crippen LogP contribution in [0.5, 0.6) is 0 Å². The van der Waals surface area contributed by atoms with Crippen molar-refractivity contribution in [1.82, 2.24) is 9.62 Å². The maximum Gasteiger partial charge on any atom is 0.246 e. The average molecular weight is 304 g/mol. The van der Waals surface area contributed by atoms with Gasteiger partial charge in [0.25, 0.3) is 0 Å². The quantitative estimate of drug-likeness (QED) is 0.697. The Morgan fingerprint density at radius 1 is 1.45 bits per heavy atom. The van der Waals surface area contributed by atoms with Gasteiger partial charge in [-0.2, -0.15) is 0 Å². The molecule has 0 atom stereocenters. The van der Waals surface area contributed by atoms with Gasteiger partial charge < -0.3 is 14.5 Å². The van der Waals surface area contributed by atoms with Gasteiger partial charge >= 0.3 is 0 Å². The lowest BCUT2D eigenvalue weighted by atomic mass is 10.4.